The van der Waals surface area contributed by atoms with Crippen molar-refractivity contribution in [1.29, 1.82) is 0 Å². The lowest BCUT2D eigenvalue weighted by Crippen LogP contribution is -2.23. The van der Waals surface area contributed by atoms with Crippen molar-refractivity contribution < 1.29 is 14.3 Å². The third kappa shape index (κ3) is 4.42. The van der Waals surface area contributed by atoms with Gasteiger partial charge in [-0.2, -0.15) is 0 Å². The summed E-state index contributed by atoms with van der Waals surface area (Å²) in [6, 6.07) is 16.1. The summed E-state index contributed by atoms with van der Waals surface area (Å²) in [6.07, 6.45) is -0.322. The first-order valence-electron chi connectivity index (χ1n) is 8.53. The van der Waals surface area contributed by atoms with Gasteiger partial charge in [-0.1, -0.05) is 36.4 Å². The van der Waals surface area contributed by atoms with Gasteiger partial charge < -0.3 is 14.4 Å². The van der Waals surface area contributed by atoms with Gasteiger partial charge in [0.1, 0.15) is 18.5 Å². The zero-order chi connectivity index (χ0) is 18.5. The minimum Gasteiger partial charge on any atom is -0.488 e. The Hall–Kier alpha value is -2.37. The van der Waals surface area contributed by atoms with E-state index in [-0.39, 0.29) is 12.1 Å². The number of hydrogen-bond acceptors (Lipinski definition) is 5. The van der Waals surface area contributed by atoms with E-state index in [1.165, 1.54) is 6.92 Å². The molecule has 26 heavy (non-hydrogen) atoms. The van der Waals surface area contributed by atoms with Crippen LogP contribution >= 0.6 is 11.3 Å². The first kappa shape index (κ1) is 18.4. The average Bonchev–Trinajstić information content (AvgIpc) is 3.04. The number of likely N-dealkylation sites (N-methyl/N-ethyl adjacent to an activating group) is 1. The molecule has 1 atom stereocenters. The molecule has 2 aromatic carbocycles. The highest BCUT2D eigenvalue weighted by molar-refractivity contribution is 7.17. The smallest absolute Gasteiger partial charge is 0.303 e. The number of rotatable bonds is 7. The molecule has 1 aromatic heterocycles. The molecule has 0 aliphatic heterocycles. The number of carbonyl (C=O) groups is 1. The van der Waals surface area contributed by atoms with Crippen LogP contribution in [0.25, 0.3) is 10.1 Å². The Balaban J connectivity index is 1.94. The van der Waals surface area contributed by atoms with Gasteiger partial charge in [-0.25, -0.2) is 0 Å². The fraction of sp³-hybridized carbons (Fsp3) is 0.286. The number of benzene rings is 2. The maximum absolute atomic E-state index is 11.6. The minimum absolute atomic E-state index is 0.279. The van der Waals surface area contributed by atoms with E-state index in [4.69, 9.17) is 9.47 Å². The van der Waals surface area contributed by atoms with E-state index in [2.05, 4.69) is 11.4 Å². The van der Waals surface area contributed by atoms with Crippen molar-refractivity contribution in [3.05, 3.63) is 65.0 Å². The van der Waals surface area contributed by atoms with Crippen molar-refractivity contribution in [2.75, 3.05) is 20.6 Å². The van der Waals surface area contributed by atoms with Crippen molar-refractivity contribution in [1.82, 2.24) is 4.90 Å². The molecule has 0 amide bonds. The normalized spacial score (nSPS) is 12.3. The number of carbonyl (C=O) groups excluding carboxylic acids is 1. The molecule has 3 rings (SSSR count). The van der Waals surface area contributed by atoms with Crippen LogP contribution in [0.2, 0.25) is 0 Å². The van der Waals surface area contributed by atoms with E-state index in [0.29, 0.717) is 13.2 Å². The first-order chi connectivity index (χ1) is 12.5. The SMILES string of the molecule is CC(=O)OC(CN(C)C)c1csc2cccc(OCc3ccccc3)c12. The van der Waals surface area contributed by atoms with Gasteiger partial charge in [-0.3, -0.25) is 4.79 Å². The third-order valence-corrected chi connectivity index (χ3v) is 4.98. The molecule has 0 radical (unpaired) electrons. The largest absolute Gasteiger partial charge is 0.488 e. The lowest BCUT2D eigenvalue weighted by atomic mass is 10.1. The molecule has 136 valence electrons. The van der Waals surface area contributed by atoms with Crippen LogP contribution in [-0.4, -0.2) is 31.5 Å². The topological polar surface area (TPSA) is 38.8 Å². The zero-order valence-electron chi connectivity index (χ0n) is 15.3. The number of fused-ring (bicyclic) bond motifs is 1. The monoisotopic (exact) mass is 369 g/mol. The minimum atomic E-state index is -0.322. The second-order valence-corrected chi connectivity index (χ2v) is 7.37. The van der Waals surface area contributed by atoms with Crippen LogP contribution in [0.15, 0.2) is 53.9 Å². The number of ether oxygens (including phenoxy) is 2. The van der Waals surface area contributed by atoms with E-state index in [0.717, 1.165) is 27.0 Å². The molecule has 0 saturated carbocycles. The Morgan fingerprint density at radius 1 is 1.12 bits per heavy atom. The van der Waals surface area contributed by atoms with Crippen LogP contribution in [0, 0.1) is 0 Å². The fourth-order valence-electron chi connectivity index (χ4n) is 2.90. The van der Waals surface area contributed by atoms with Crippen molar-refractivity contribution in [3.8, 4) is 5.75 Å². The standard InChI is InChI=1S/C21H23NO3S/c1-15(23)25-19(12-22(2)3)17-14-26-20-11-7-10-18(21(17)20)24-13-16-8-5-4-6-9-16/h4-11,14,19H,12-13H2,1-3H3. The van der Waals surface area contributed by atoms with Crippen molar-refractivity contribution in [2.45, 2.75) is 19.6 Å². The highest BCUT2D eigenvalue weighted by Gasteiger charge is 2.22. The fourth-order valence-corrected chi connectivity index (χ4v) is 3.92. The molecular formula is C21H23NO3S. The number of esters is 1. The molecule has 0 fully saturated rings. The summed E-state index contributed by atoms with van der Waals surface area (Å²) >= 11 is 1.64. The van der Waals surface area contributed by atoms with Crippen LogP contribution in [0.1, 0.15) is 24.2 Å². The molecule has 1 heterocycles. The van der Waals surface area contributed by atoms with Gasteiger partial charge >= 0.3 is 5.97 Å². The Bertz CT molecular complexity index is 873. The quantitative estimate of drug-likeness (QED) is 0.569. The van der Waals surface area contributed by atoms with Gasteiger partial charge in [-0.15, -0.1) is 11.3 Å². The Morgan fingerprint density at radius 3 is 2.58 bits per heavy atom. The van der Waals surface area contributed by atoms with Gasteiger partial charge in [-0.05, 0) is 37.2 Å². The maximum Gasteiger partial charge on any atom is 0.303 e. The zero-order valence-corrected chi connectivity index (χ0v) is 16.1. The lowest BCUT2D eigenvalue weighted by molar-refractivity contribution is -0.147. The van der Waals surface area contributed by atoms with E-state index in [1.807, 2.05) is 61.5 Å². The van der Waals surface area contributed by atoms with Crippen LogP contribution in [0.5, 0.6) is 5.75 Å². The van der Waals surface area contributed by atoms with Gasteiger partial charge in [0.15, 0.2) is 0 Å². The summed E-state index contributed by atoms with van der Waals surface area (Å²) in [4.78, 5) is 13.6. The average molecular weight is 369 g/mol. The molecule has 0 aliphatic carbocycles. The van der Waals surface area contributed by atoms with Gasteiger partial charge in [0.25, 0.3) is 0 Å². The molecule has 0 saturated heterocycles. The number of thiophene rings is 1. The molecule has 1 unspecified atom stereocenters. The van der Waals surface area contributed by atoms with Crippen molar-refractivity contribution in [3.63, 3.8) is 0 Å². The second kappa shape index (κ2) is 8.34. The predicted octanol–water partition coefficient (Wildman–Crippen LogP) is 4.65. The van der Waals surface area contributed by atoms with Crippen LogP contribution in [0.4, 0.5) is 0 Å². The Labute approximate surface area is 158 Å². The van der Waals surface area contributed by atoms with E-state index in [9.17, 15) is 4.79 Å². The predicted molar refractivity (Wildman–Crippen MR) is 106 cm³/mol. The van der Waals surface area contributed by atoms with E-state index < -0.39 is 0 Å². The molecule has 0 N–H and O–H groups in total. The summed E-state index contributed by atoms with van der Waals surface area (Å²) in [5.74, 6) is 0.539. The van der Waals surface area contributed by atoms with Gasteiger partial charge in [0.2, 0.25) is 0 Å². The molecule has 0 spiro atoms. The maximum atomic E-state index is 11.6. The Morgan fingerprint density at radius 2 is 1.88 bits per heavy atom. The van der Waals surface area contributed by atoms with E-state index in [1.54, 1.807) is 11.3 Å². The Kier molecular flexibility index (Phi) is 5.91. The third-order valence-electron chi connectivity index (χ3n) is 4.01. The molecule has 0 bridgehead atoms. The first-order valence-corrected chi connectivity index (χ1v) is 9.41. The van der Waals surface area contributed by atoms with Crippen molar-refractivity contribution in [2.24, 2.45) is 0 Å². The van der Waals surface area contributed by atoms with Crippen LogP contribution < -0.4 is 4.74 Å². The summed E-state index contributed by atoms with van der Waals surface area (Å²) in [5.41, 5.74) is 2.11. The van der Waals surface area contributed by atoms with Gasteiger partial charge in [0, 0.05) is 29.1 Å². The summed E-state index contributed by atoms with van der Waals surface area (Å²) in [6.45, 7) is 2.57. The van der Waals surface area contributed by atoms with Crippen LogP contribution in [-0.2, 0) is 16.1 Å². The highest BCUT2D eigenvalue weighted by Crippen LogP contribution is 2.38. The molecule has 5 heteroatoms. The molecular weight excluding hydrogens is 346 g/mol. The molecule has 3 aromatic rings. The van der Waals surface area contributed by atoms with Gasteiger partial charge in [0.05, 0.1) is 0 Å². The summed E-state index contributed by atoms with van der Waals surface area (Å²) in [5, 5.41) is 3.10. The molecule has 4 nitrogen and oxygen atoms in total. The second-order valence-electron chi connectivity index (χ2n) is 6.45. The molecule has 0 aliphatic rings. The van der Waals surface area contributed by atoms with Crippen LogP contribution in [0.3, 0.4) is 0 Å². The van der Waals surface area contributed by atoms with Crippen molar-refractivity contribution >= 4 is 27.4 Å². The highest BCUT2D eigenvalue weighted by atomic mass is 32.1. The lowest BCUT2D eigenvalue weighted by Gasteiger charge is -2.21. The summed E-state index contributed by atoms with van der Waals surface area (Å²) < 4.78 is 12.8. The number of nitrogens with zero attached hydrogens (tertiary/aromatic N) is 1. The number of hydrogen-bond donors (Lipinski definition) is 0. The van der Waals surface area contributed by atoms with E-state index >= 15 is 0 Å². The summed E-state index contributed by atoms with van der Waals surface area (Å²) in [7, 11) is 3.94.